The summed E-state index contributed by atoms with van der Waals surface area (Å²) in [5.41, 5.74) is 4.59. The number of benzene rings is 2. The summed E-state index contributed by atoms with van der Waals surface area (Å²) in [6.07, 6.45) is 0. The van der Waals surface area contributed by atoms with Gasteiger partial charge in [0.15, 0.2) is 0 Å². The SMILES string of the molecule is CCN1CCN(c2nc(NCc3cccc(C)c3)cc(-c3ccccc3)n2)CC1. The van der Waals surface area contributed by atoms with E-state index >= 15 is 0 Å². The lowest BCUT2D eigenvalue weighted by Crippen LogP contribution is -2.46. The summed E-state index contributed by atoms with van der Waals surface area (Å²) in [6.45, 7) is 10.2. The van der Waals surface area contributed by atoms with Gasteiger partial charge in [0.1, 0.15) is 5.82 Å². The van der Waals surface area contributed by atoms with E-state index < -0.39 is 0 Å². The minimum atomic E-state index is 0.746. The van der Waals surface area contributed by atoms with Gasteiger partial charge in [-0.25, -0.2) is 4.98 Å². The second kappa shape index (κ2) is 9.05. The summed E-state index contributed by atoms with van der Waals surface area (Å²) in [5.74, 6) is 1.68. The molecule has 1 aromatic heterocycles. The van der Waals surface area contributed by atoms with Gasteiger partial charge in [-0.15, -0.1) is 0 Å². The topological polar surface area (TPSA) is 44.3 Å². The van der Waals surface area contributed by atoms with Gasteiger partial charge >= 0.3 is 0 Å². The molecule has 2 aromatic carbocycles. The molecule has 1 fully saturated rings. The van der Waals surface area contributed by atoms with Crippen LogP contribution in [0.15, 0.2) is 60.7 Å². The molecule has 0 unspecified atom stereocenters. The molecule has 150 valence electrons. The molecule has 4 rings (SSSR count). The van der Waals surface area contributed by atoms with E-state index in [1.165, 1.54) is 11.1 Å². The highest BCUT2D eigenvalue weighted by Crippen LogP contribution is 2.24. The van der Waals surface area contributed by atoms with E-state index in [1.54, 1.807) is 0 Å². The van der Waals surface area contributed by atoms with E-state index in [-0.39, 0.29) is 0 Å². The summed E-state index contributed by atoms with van der Waals surface area (Å²) in [4.78, 5) is 14.5. The van der Waals surface area contributed by atoms with Crippen LogP contribution in [0.4, 0.5) is 11.8 Å². The summed E-state index contributed by atoms with van der Waals surface area (Å²) in [5, 5.41) is 3.51. The van der Waals surface area contributed by atoms with Gasteiger partial charge in [0.2, 0.25) is 5.95 Å². The van der Waals surface area contributed by atoms with Crippen LogP contribution in [-0.4, -0.2) is 47.6 Å². The third-order valence-corrected chi connectivity index (χ3v) is 5.44. The number of aryl methyl sites for hydroxylation is 1. The lowest BCUT2D eigenvalue weighted by Gasteiger charge is -2.34. The highest BCUT2D eigenvalue weighted by atomic mass is 15.3. The van der Waals surface area contributed by atoms with Crippen LogP contribution in [0.2, 0.25) is 0 Å². The number of nitrogens with one attached hydrogen (secondary N) is 1. The minimum Gasteiger partial charge on any atom is -0.366 e. The molecule has 2 heterocycles. The number of anilines is 2. The Morgan fingerprint density at radius 3 is 2.41 bits per heavy atom. The highest BCUT2D eigenvalue weighted by Gasteiger charge is 2.19. The Morgan fingerprint density at radius 2 is 1.69 bits per heavy atom. The van der Waals surface area contributed by atoms with Gasteiger partial charge in [0.25, 0.3) is 0 Å². The number of rotatable bonds is 6. The third kappa shape index (κ3) is 4.93. The fraction of sp³-hybridized carbons (Fsp3) is 0.333. The first-order valence-corrected chi connectivity index (χ1v) is 10.4. The Bertz CT molecular complexity index is 933. The van der Waals surface area contributed by atoms with Crippen molar-refractivity contribution in [1.29, 1.82) is 0 Å². The molecule has 5 nitrogen and oxygen atoms in total. The average Bonchev–Trinajstić information content (AvgIpc) is 2.78. The monoisotopic (exact) mass is 387 g/mol. The molecule has 0 spiro atoms. The van der Waals surface area contributed by atoms with Crippen LogP contribution in [0.1, 0.15) is 18.1 Å². The smallest absolute Gasteiger partial charge is 0.227 e. The van der Waals surface area contributed by atoms with Gasteiger partial charge in [-0.3, -0.25) is 0 Å². The molecular formula is C24H29N5. The van der Waals surface area contributed by atoms with Gasteiger partial charge in [0.05, 0.1) is 5.69 Å². The molecule has 0 bridgehead atoms. The van der Waals surface area contributed by atoms with Gasteiger partial charge in [-0.05, 0) is 19.0 Å². The van der Waals surface area contributed by atoms with Crippen LogP contribution in [0.5, 0.6) is 0 Å². The predicted molar refractivity (Wildman–Crippen MR) is 120 cm³/mol. The van der Waals surface area contributed by atoms with Crippen molar-refractivity contribution in [2.75, 3.05) is 42.9 Å². The molecule has 1 N–H and O–H groups in total. The van der Waals surface area contributed by atoms with Crippen molar-refractivity contribution in [2.24, 2.45) is 0 Å². The first kappa shape index (κ1) is 19.4. The zero-order valence-corrected chi connectivity index (χ0v) is 17.3. The van der Waals surface area contributed by atoms with E-state index in [0.717, 1.165) is 62.3 Å². The Labute approximate surface area is 173 Å². The molecule has 5 heteroatoms. The summed E-state index contributed by atoms with van der Waals surface area (Å²) in [6, 6.07) is 21.0. The van der Waals surface area contributed by atoms with Crippen molar-refractivity contribution in [3.63, 3.8) is 0 Å². The van der Waals surface area contributed by atoms with Crippen LogP contribution >= 0.6 is 0 Å². The van der Waals surface area contributed by atoms with Crippen molar-refractivity contribution in [3.05, 3.63) is 71.8 Å². The van der Waals surface area contributed by atoms with Crippen LogP contribution < -0.4 is 10.2 Å². The number of hydrogen-bond donors (Lipinski definition) is 1. The molecule has 1 aliphatic heterocycles. The molecule has 29 heavy (non-hydrogen) atoms. The first-order valence-electron chi connectivity index (χ1n) is 10.4. The number of likely N-dealkylation sites (N-methyl/N-ethyl adjacent to an activating group) is 1. The normalized spacial score (nSPS) is 14.8. The maximum Gasteiger partial charge on any atom is 0.227 e. The quantitative estimate of drug-likeness (QED) is 0.687. The highest BCUT2D eigenvalue weighted by molar-refractivity contribution is 5.64. The number of aromatic nitrogens is 2. The van der Waals surface area contributed by atoms with E-state index in [4.69, 9.17) is 9.97 Å². The van der Waals surface area contributed by atoms with E-state index in [1.807, 2.05) is 6.07 Å². The van der Waals surface area contributed by atoms with Gasteiger partial charge in [-0.2, -0.15) is 4.98 Å². The van der Waals surface area contributed by atoms with E-state index in [9.17, 15) is 0 Å². The molecule has 0 radical (unpaired) electrons. The summed E-state index contributed by atoms with van der Waals surface area (Å²) in [7, 11) is 0. The second-order valence-electron chi connectivity index (χ2n) is 7.57. The molecule has 1 aliphatic rings. The number of hydrogen-bond acceptors (Lipinski definition) is 5. The van der Waals surface area contributed by atoms with Crippen LogP contribution in [-0.2, 0) is 6.54 Å². The maximum absolute atomic E-state index is 4.90. The first-order chi connectivity index (χ1) is 14.2. The minimum absolute atomic E-state index is 0.746. The zero-order valence-electron chi connectivity index (χ0n) is 17.3. The Kier molecular flexibility index (Phi) is 6.06. The number of piperazine rings is 1. The average molecular weight is 388 g/mol. The van der Waals surface area contributed by atoms with Gasteiger partial charge in [0, 0.05) is 44.4 Å². The summed E-state index contributed by atoms with van der Waals surface area (Å²) >= 11 is 0. The molecule has 0 aliphatic carbocycles. The van der Waals surface area contributed by atoms with Crippen LogP contribution in [0, 0.1) is 6.92 Å². The molecule has 1 saturated heterocycles. The van der Waals surface area contributed by atoms with Crippen LogP contribution in [0.25, 0.3) is 11.3 Å². The molecule has 3 aromatic rings. The predicted octanol–water partition coefficient (Wildman–Crippen LogP) is 4.21. The summed E-state index contributed by atoms with van der Waals surface area (Å²) < 4.78 is 0. The number of nitrogens with zero attached hydrogens (tertiary/aromatic N) is 4. The van der Waals surface area contributed by atoms with E-state index in [0.29, 0.717) is 0 Å². The van der Waals surface area contributed by atoms with Crippen molar-refractivity contribution in [1.82, 2.24) is 14.9 Å². The maximum atomic E-state index is 4.90. The van der Waals surface area contributed by atoms with Crippen molar-refractivity contribution in [2.45, 2.75) is 20.4 Å². The Hall–Kier alpha value is -2.92. The molecular weight excluding hydrogens is 358 g/mol. The molecule has 0 atom stereocenters. The Morgan fingerprint density at radius 1 is 0.897 bits per heavy atom. The fourth-order valence-electron chi connectivity index (χ4n) is 3.70. The van der Waals surface area contributed by atoms with Gasteiger partial charge in [-0.1, -0.05) is 67.1 Å². The molecule has 0 saturated carbocycles. The fourth-order valence-corrected chi connectivity index (χ4v) is 3.70. The largest absolute Gasteiger partial charge is 0.366 e. The van der Waals surface area contributed by atoms with E-state index in [2.05, 4.69) is 83.6 Å². The molecule has 0 amide bonds. The lowest BCUT2D eigenvalue weighted by atomic mass is 10.1. The van der Waals surface area contributed by atoms with Crippen molar-refractivity contribution < 1.29 is 0 Å². The standard InChI is InChI=1S/C24H29N5/c1-3-28-12-14-29(15-13-28)24-26-22(21-10-5-4-6-11-21)17-23(27-24)25-18-20-9-7-8-19(2)16-20/h4-11,16-17H,3,12-15,18H2,1-2H3,(H,25,26,27). The lowest BCUT2D eigenvalue weighted by molar-refractivity contribution is 0.270. The van der Waals surface area contributed by atoms with Gasteiger partial charge < -0.3 is 15.1 Å². The second-order valence-corrected chi connectivity index (χ2v) is 7.57. The Balaban J connectivity index is 1.59. The van der Waals surface area contributed by atoms with Crippen LogP contribution in [0.3, 0.4) is 0 Å². The zero-order chi connectivity index (χ0) is 20.1. The van der Waals surface area contributed by atoms with Crippen molar-refractivity contribution >= 4 is 11.8 Å². The third-order valence-electron chi connectivity index (χ3n) is 5.44. The van der Waals surface area contributed by atoms with Crippen molar-refractivity contribution in [3.8, 4) is 11.3 Å².